The Labute approximate surface area is 68.7 Å². The monoisotopic (exact) mass is 174 g/mol. The predicted molar refractivity (Wildman–Crippen MR) is 39.3 cm³/mol. The summed E-state index contributed by atoms with van der Waals surface area (Å²) in [6, 6.07) is 0. The van der Waals surface area contributed by atoms with Crippen LogP contribution in [0.4, 0.5) is 0 Å². The molecule has 12 heavy (non-hydrogen) atoms. The van der Waals surface area contributed by atoms with Crippen molar-refractivity contribution in [1.82, 2.24) is 5.01 Å². The molecule has 0 aromatic heterocycles. The molecule has 1 aliphatic rings. The van der Waals surface area contributed by atoms with Crippen molar-refractivity contribution in [1.29, 1.82) is 0 Å². The van der Waals surface area contributed by atoms with E-state index in [2.05, 4.69) is 5.10 Å². The van der Waals surface area contributed by atoms with Crippen molar-refractivity contribution >= 4 is 11.6 Å². The lowest BCUT2D eigenvalue weighted by Gasteiger charge is -2.27. The van der Waals surface area contributed by atoms with Crippen molar-refractivity contribution in [3.05, 3.63) is 0 Å². The normalized spacial score (nSPS) is 30.5. The fraction of sp³-hybridized carbons (Fsp3) is 0.667. The van der Waals surface area contributed by atoms with Gasteiger partial charge in [0.1, 0.15) is 6.10 Å². The highest BCUT2D eigenvalue weighted by Gasteiger charge is 2.34. The third-order valence-corrected chi connectivity index (χ3v) is 1.65. The molecule has 1 rings (SSSR count). The van der Waals surface area contributed by atoms with Crippen LogP contribution in [0.2, 0.25) is 0 Å². The van der Waals surface area contributed by atoms with Crippen molar-refractivity contribution in [2.24, 2.45) is 5.10 Å². The SMILES string of the molecule is CN1N=C(CO)[C@@H](O)[C@H](O)C1=O. The van der Waals surface area contributed by atoms with Crippen LogP contribution in [0.1, 0.15) is 0 Å². The highest BCUT2D eigenvalue weighted by molar-refractivity contribution is 5.99. The predicted octanol–water partition coefficient (Wildman–Crippen LogP) is -2.47. The topological polar surface area (TPSA) is 93.4 Å². The van der Waals surface area contributed by atoms with Gasteiger partial charge in [-0.1, -0.05) is 0 Å². The van der Waals surface area contributed by atoms with E-state index in [4.69, 9.17) is 15.3 Å². The third kappa shape index (κ3) is 1.31. The van der Waals surface area contributed by atoms with Gasteiger partial charge in [-0.05, 0) is 0 Å². The van der Waals surface area contributed by atoms with E-state index in [1.54, 1.807) is 0 Å². The Hall–Kier alpha value is -0.980. The first-order valence-corrected chi connectivity index (χ1v) is 3.40. The Morgan fingerprint density at radius 2 is 2.08 bits per heavy atom. The lowest BCUT2D eigenvalue weighted by Crippen LogP contribution is -2.50. The van der Waals surface area contributed by atoms with E-state index < -0.39 is 24.7 Å². The number of hydrazone groups is 1. The van der Waals surface area contributed by atoms with Crippen molar-refractivity contribution in [2.45, 2.75) is 12.2 Å². The van der Waals surface area contributed by atoms with Gasteiger partial charge in [0.05, 0.1) is 12.3 Å². The summed E-state index contributed by atoms with van der Waals surface area (Å²) in [5.41, 5.74) is -0.00963. The van der Waals surface area contributed by atoms with Crippen LogP contribution in [0.15, 0.2) is 5.10 Å². The second-order valence-electron chi connectivity index (χ2n) is 2.50. The highest BCUT2D eigenvalue weighted by Crippen LogP contribution is 2.08. The van der Waals surface area contributed by atoms with E-state index in [1.807, 2.05) is 0 Å². The van der Waals surface area contributed by atoms with Crippen LogP contribution in [0.25, 0.3) is 0 Å². The summed E-state index contributed by atoms with van der Waals surface area (Å²) in [7, 11) is 1.34. The van der Waals surface area contributed by atoms with Crippen LogP contribution < -0.4 is 0 Å². The number of carbonyl (C=O) groups is 1. The van der Waals surface area contributed by atoms with Gasteiger partial charge in [0.2, 0.25) is 0 Å². The summed E-state index contributed by atoms with van der Waals surface area (Å²) in [5.74, 6) is -0.681. The Kier molecular flexibility index (Phi) is 2.41. The average molecular weight is 174 g/mol. The number of amides is 1. The maximum atomic E-state index is 10.9. The van der Waals surface area contributed by atoms with E-state index in [1.165, 1.54) is 7.05 Å². The molecule has 0 aromatic rings. The summed E-state index contributed by atoms with van der Waals surface area (Å²) in [6.45, 7) is -0.476. The fourth-order valence-corrected chi connectivity index (χ4v) is 0.935. The van der Waals surface area contributed by atoms with Gasteiger partial charge in [0.25, 0.3) is 5.91 Å². The first-order chi connectivity index (χ1) is 5.57. The fourth-order valence-electron chi connectivity index (χ4n) is 0.935. The standard InChI is InChI=1S/C6H10N2O4/c1-8-6(12)5(11)4(10)3(2-9)7-8/h4-5,9-11H,2H2,1H3/t4-,5+/m1/s1. The lowest BCUT2D eigenvalue weighted by molar-refractivity contribution is -0.144. The second kappa shape index (κ2) is 3.18. The summed E-state index contributed by atoms with van der Waals surface area (Å²) in [5, 5.41) is 31.3. The molecule has 3 N–H and O–H groups in total. The Morgan fingerprint density at radius 1 is 1.50 bits per heavy atom. The van der Waals surface area contributed by atoms with Crippen LogP contribution in [0.3, 0.4) is 0 Å². The van der Waals surface area contributed by atoms with E-state index in [9.17, 15) is 4.79 Å². The van der Waals surface area contributed by atoms with Crippen LogP contribution in [-0.2, 0) is 4.79 Å². The Bertz CT molecular complexity index is 228. The molecule has 1 heterocycles. The van der Waals surface area contributed by atoms with E-state index in [0.717, 1.165) is 5.01 Å². The van der Waals surface area contributed by atoms with Gasteiger partial charge in [-0.3, -0.25) is 4.79 Å². The molecule has 1 aliphatic heterocycles. The first-order valence-electron chi connectivity index (χ1n) is 3.40. The molecule has 6 nitrogen and oxygen atoms in total. The molecule has 0 spiro atoms. The van der Waals surface area contributed by atoms with Gasteiger partial charge < -0.3 is 15.3 Å². The molecule has 2 atom stereocenters. The first kappa shape index (κ1) is 9.11. The number of hydrogen-bond donors (Lipinski definition) is 3. The summed E-state index contributed by atoms with van der Waals surface area (Å²) in [4.78, 5) is 10.9. The number of rotatable bonds is 1. The van der Waals surface area contributed by atoms with Gasteiger partial charge in [0, 0.05) is 7.05 Å². The second-order valence-corrected chi connectivity index (χ2v) is 2.50. The molecular formula is C6H10N2O4. The van der Waals surface area contributed by atoms with E-state index in [-0.39, 0.29) is 5.71 Å². The third-order valence-electron chi connectivity index (χ3n) is 1.65. The molecule has 0 unspecified atom stereocenters. The summed E-state index contributed by atoms with van der Waals surface area (Å²) < 4.78 is 0. The number of likely N-dealkylation sites (N-methyl/N-ethyl adjacent to an activating group) is 1. The van der Waals surface area contributed by atoms with E-state index in [0.29, 0.717) is 0 Å². The van der Waals surface area contributed by atoms with Crippen molar-refractivity contribution in [2.75, 3.05) is 13.7 Å². The van der Waals surface area contributed by atoms with Crippen molar-refractivity contribution in [3.63, 3.8) is 0 Å². The molecule has 0 saturated carbocycles. The minimum absolute atomic E-state index is 0.00963. The van der Waals surface area contributed by atoms with Crippen LogP contribution in [0.5, 0.6) is 0 Å². The zero-order valence-electron chi connectivity index (χ0n) is 6.51. The summed E-state index contributed by atoms with van der Waals surface area (Å²) in [6.07, 6.45) is -2.91. The number of aliphatic hydroxyl groups excluding tert-OH is 3. The minimum Gasteiger partial charge on any atom is -0.390 e. The molecule has 0 fully saturated rings. The number of nitrogens with zero attached hydrogens (tertiary/aromatic N) is 2. The maximum absolute atomic E-state index is 10.9. The molecule has 6 heteroatoms. The molecule has 0 saturated heterocycles. The molecule has 0 aromatic carbocycles. The Balaban J connectivity index is 2.91. The van der Waals surface area contributed by atoms with Gasteiger partial charge in [-0.25, -0.2) is 5.01 Å². The molecule has 68 valence electrons. The zero-order valence-corrected chi connectivity index (χ0v) is 6.51. The smallest absolute Gasteiger partial charge is 0.274 e. The molecule has 1 amide bonds. The van der Waals surface area contributed by atoms with Gasteiger partial charge in [-0.2, -0.15) is 5.10 Å². The van der Waals surface area contributed by atoms with Crippen molar-refractivity contribution in [3.8, 4) is 0 Å². The van der Waals surface area contributed by atoms with Gasteiger partial charge in [-0.15, -0.1) is 0 Å². The maximum Gasteiger partial charge on any atom is 0.274 e. The largest absolute Gasteiger partial charge is 0.390 e. The highest BCUT2D eigenvalue weighted by atomic mass is 16.3. The van der Waals surface area contributed by atoms with Gasteiger partial charge >= 0.3 is 0 Å². The summed E-state index contributed by atoms with van der Waals surface area (Å²) >= 11 is 0. The molecule has 0 aliphatic carbocycles. The molecular weight excluding hydrogens is 164 g/mol. The van der Waals surface area contributed by atoms with Crippen LogP contribution in [-0.4, -0.2) is 57.8 Å². The number of carbonyl (C=O) groups excluding carboxylic acids is 1. The van der Waals surface area contributed by atoms with Crippen molar-refractivity contribution < 1.29 is 20.1 Å². The minimum atomic E-state index is -1.52. The van der Waals surface area contributed by atoms with Gasteiger partial charge in [0.15, 0.2) is 6.10 Å². The Morgan fingerprint density at radius 3 is 2.58 bits per heavy atom. The molecule has 0 bridgehead atoms. The lowest BCUT2D eigenvalue weighted by atomic mass is 10.1. The number of aliphatic hydroxyl groups is 3. The quantitative estimate of drug-likeness (QED) is 0.410. The zero-order chi connectivity index (χ0) is 9.30. The average Bonchev–Trinajstić information content (AvgIpc) is 2.08. The van der Waals surface area contributed by atoms with Crippen LogP contribution >= 0.6 is 0 Å². The van der Waals surface area contributed by atoms with E-state index >= 15 is 0 Å². The number of hydrogen-bond acceptors (Lipinski definition) is 5. The van der Waals surface area contributed by atoms with Crippen LogP contribution in [0, 0.1) is 0 Å². The molecule has 0 radical (unpaired) electrons.